The van der Waals surface area contributed by atoms with Crippen molar-refractivity contribution >= 4 is 29.3 Å². The van der Waals surface area contributed by atoms with E-state index < -0.39 is 35.6 Å². The van der Waals surface area contributed by atoms with Gasteiger partial charge in [0.25, 0.3) is 0 Å². The number of halogens is 2. The minimum atomic E-state index is -0.976. The van der Waals surface area contributed by atoms with Crippen LogP contribution in [-0.4, -0.2) is 29.8 Å². The molecule has 0 aromatic heterocycles. The van der Waals surface area contributed by atoms with Gasteiger partial charge >= 0.3 is 0 Å². The maximum atomic E-state index is 13.1. The molecule has 28 heavy (non-hydrogen) atoms. The third kappa shape index (κ3) is 6.66. The van der Waals surface area contributed by atoms with E-state index in [0.717, 1.165) is 5.56 Å². The lowest BCUT2D eigenvalue weighted by Gasteiger charge is -2.22. The van der Waals surface area contributed by atoms with Crippen LogP contribution in [0.2, 0.25) is 5.02 Å². The standard InChI is InChI=1S/C20H21ClFN3O3/c1-12(26)24-18(10-13-5-7-16(22)8-6-13)20(28)25-17(19(23)27)11-14-3-2-4-15(21)9-14/h2-9,17-18H,10-11H2,1H3,(H2,23,27)(H,24,26)(H,25,28)/t17-,18-/m0/s1. The zero-order valence-electron chi connectivity index (χ0n) is 15.2. The van der Waals surface area contributed by atoms with Gasteiger partial charge in [-0.15, -0.1) is 0 Å². The molecular weight excluding hydrogens is 385 g/mol. The molecule has 2 aromatic carbocycles. The highest BCUT2D eigenvalue weighted by Crippen LogP contribution is 2.13. The van der Waals surface area contributed by atoms with E-state index in [0.29, 0.717) is 10.6 Å². The highest BCUT2D eigenvalue weighted by Gasteiger charge is 2.25. The summed E-state index contributed by atoms with van der Waals surface area (Å²) in [7, 11) is 0. The van der Waals surface area contributed by atoms with E-state index in [1.165, 1.54) is 31.2 Å². The molecule has 6 nitrogen and oxygen atoms in total. The number of amides is 3. The molecule has 0 radical (unpaired) electrons. The maximum absolute atomic E-state index is 13.1. The van der Waals surface area contributed by atoms with Crippen LogP contribution in [0.3, 0.4) is 0 Å². The van der Waals surface area contributed by atoms with Crippen molar-refractivity contribution in [3.8, 4) is 0 Å². The number of rotatable bonds is 8. The highest BCUT2D eigenvalue weighted by atomic mass is 35.5. The van der Waals surface area contributed by atoms with Crippen molar-refractivity contribution in [2.24, 2.45) is 5.73 Å². The van der Waals surface area contributed by atoms with E-state index in [9.17, 15) is 18.8 Å². The molecule has 0 spiro atoms. The SMILES string of the molecule is CC(=O)N[C@@H](Cc1ccc(F)cc1)C(=O)N[C@@H](Cc1cccc(Cl)c1)C(N)=O. The molecule has 4 N–H and O–H groups in total. The Balaban J connectivity index is 2.12. The minimum Gasteiger partial charge on any atom is -0.368 e. The second-order valence-electron chi connectivity index (χ2n) is 6.38. The van der Waals surface area contributed by atoms with Crippen LogP contribution in [0.15, 0.2) is 48.5 Å². The number of nitrogens with two attached hydrogens (primary N) is 1. The summed E-state index contributed by atoms with van der Waals surface area (Å²) in [4.78, 5) is 36.0. The second kappa shape index (κ2) is 9.85. The van der Waals surface area contributed by atoms with Crippen molar-refractivity contribution in [1.29, 1.82) is 0 Å². The van der Waals surface area contributed by atoms with Gasteiger partial charge in [-0.05, 0) is 35.4 Å². The number of primary amides is 1. The molecule has 8 heteroatoms. The smallest absolute Gasteiger partial charge is 0.243 e. The van der Waals surface area contributed by atoms with Crippen molar-refractivity contribution in [3.63, 3.8) is 0 Å². The fourth-order valence-electron chi connectivity index (χ4n) is 2.71. The van der Waals surface area contributed by atoms with Gasteiger partial charge in [0.05, 0.1) is 0 Å². The summed E-state index contributed by atoms with van der Waals surface area (Å²) >= 11 is 5.95. The molecule has 2 aromatic rings. The third-order valence-electron chi connectivity index (χ3n) is 4.04. The molecule has 0 unspecified atom stereocenters. The number of carbonyl (C=O) groups excluding carboxylic acids is 3. The summed E-state index contributed by atoms with van der Waals surface area (Å²) in [5, 5.41) is 5.62. The number of nitrogens with one attached hydrogen (secondary N) is 2. The Morgan fingerprint density at radius 1 is 1.00 bits per heavy atom. The molecule has 0 aliphatic rings. The van der Waals surface area contributed by atoms with Crippen molar-refractivity contribution < 1.29 is 18.8 Å². The average molecular weight is 406 g/mol. The van der Waals surface area contributed by atoms with E-state index in [2.05, 4.69) is 10.6 Å². The number of benzene rings is 2. The monoisotopic (exact) mass is 405 g/mol. The zero-order chi connectivity index (χ0) is 20.7. The predicted octanol–water partition coefficient (Wildman–Crippen LogP) is 1.74. The molecule has 0 heterocycles. The summed E-state index contributed by atoms with van der Waals surface area (Å²) in [6.07, 6.45) is 0.291. The number of hydrogen-bond acceptors (Lipinski definition) is 3. The van der Waals surface area contributed by atoms with Gasteiger partial charge in [-0.2, -0.15) is 0 Å². The molecule has 2 rings (SSSR count). The van der Waals surface area contributed by atoms with Crippen LogP contribution >= 0.6 is 11.6 Å². The lowest BCUT2D eigenvalue weighted by atomic mass is 10.0. The van der Waals surface area contributed by atoms with Crippen molar-refractivity contribution in [1.82, 2.24) is 10.6 Å². The second-order valence-corrected chi connectivity index (χ2v) is 6.82. The predicted molar refractivity (Wildman–Crippen MR) is 104 cm³/mol. The summed E-state index contributed by atoms with van der Waals surface area (Å²) in [6.45, 7) is 1.28. The maximum Gasteiger partial charge on any atom is 0.243 e. The first kappa shape index (κ1) is 21.4. The Morgan fingerprint density at radius 2 is 1.64 bits per heavy atom. The Morgan fingerprint density at radius 3 is 2.21 bits per heavy atom. The Kier molecular flexibility index (Phi) is 7.52. The van der Waals surface area contributed by atoms with Crippen LogP contribution in [-0.2, 0) is 27.2 Å². The first-order valence-electron chi connectivity index (χ1n) is 8.60. The van der Waals surface area contributed by atoms with Crippen LogP contribution in [0.5, 0.6) is 0 Å². The lowest BCUT2D eigenvalue weighted by Crippen LogP contribution is -2.54. The molecule has 0 aliphatic carbocycles. The number of carbonyl (C=O) groups is 3. The molecule has 0 fully saturated rings. The minimum absolute atomic E-state index is 0.133. The molecular formula is C20H21ClFN3O3. The zero-order valence-corrected chi connectivity index (χ0v) is 16.0. The van der Waals surface area contributed by atoms with E-state index in [1.54, 1.807) is 24.3 Å². The topological polar surface area (TPSA) is 101 Å². The van der Waals surface area contributed by atoms with Gasteiger partial charge < -0.3 is 16.4 Å². The first-order chi connectivity index (χ1) is 13.2. The quantitative estimate of drug-likeness (QED) is 0.623. The van der Waals surface area contributed by atoms with E-state index >= 15 is 0 Å². The summed E-state index contributed by atoms with van der Waals surface area (Å²) in [5.41, 5.74) is 6.81. The van der Waals surface area contributed by atoms with E-state index in [4.69, 9.17) is 17.3 Å². The van der Waals surface area contributed by atoms with Crippen LogP contribution in [0, 0.1) is 5.82 Å². The summed E-state index contributed by atoms with van der Waals surface area (Å²) in [6, 6.07) is 10.5. The van der Waals surface area contributed by atoms with Gasteiger partial charge in [-0.3, -0.25) is 14.4 Å². The molecule has 148 valence electrons. The highest BCUT2D eigenvalue weighted by molar-refractivity contribution is 6.30. The Bertz CT molecular complexity index is 858. The first-order valence-corrected chi connectivity index (χ1v) is 8.98. The summed E-state index contributed by atoms with van der Waals surface area (Å²) in [5.74, 6) is -2.09. The van der Waals surface area contributed by atoms with Gasteiger partial charge in [0.1, 0.15) is 17.9 Å². The van der Waals surface area contributed by atoms with Crippen LogP contribution in [0.25, 0.3) is 0 Å². The van der Waals surface area contributed by atoms with Gasteiger partial charge in [-0.1, -0.05) is 35.9 Å². The molecule has 0 bridgehead atoms. The largest absolute Gasteiger partial charge is 0.368 e. The summed E-state index contributed by atoms with van der Waals surface area (Å²) < 4.78 is 13.1. The Hall–Kier alpha value is -2.93. The molecule has 0 saturated carbocycles. The van der Waals surface area contributed by atoms with Gasteiger partial charge in [0, 0.05) is 24.8 Å². The fourth-order valence-corrected chi connectivity index (χ4v) is 2.92. The average Bonchev–Trinajstić information content (AvgIpc) is 2.62. The third-order valence-corrected chi connectivity index (χ3v) is 4.27. The Labute approximate surface area is 167 Å². The van der Waals surface area contributed by atoms with Crippen LogP contribution < -0.4 is 16.4 Å². The fraction of sp³-hybridized carbons (Fsp3) is 0.250. The molecule has 0 aliphatic heterocycles. The molecule has 2 atom stereocenters. The van der Waals surface area contributed by atoms with Crippen LogP contribution in [0.1, 0.15) is 18.1 Å². The van der Waals surface area contributed by atoms with Crippen molar-refractivity contribution in [3.05, 3.63) is 70.5 Å². The molecule has 3 amide bonds. The van der Waals surface area contributed by atoms with E-state index in [-0.39, 0.29) is 12.8 Å². The van der Waals surface area contributed by atoms with Crippen LogP contribution in [0.4, 0.5) is 4.39 Å². The number of hydrogen-bond donors (Lipinski definition) is 3. The van der Waals surface area contributed by atoms with Gasteiger partial charge in [-0.25, -0.2) is 4.39 Å². The molecule has 0 saturated heterocycles. The van der Waals surface area contributed by atoms with Crippen molar-refractivity contribution in [2.75, 3.05) is 0 Å². The van der Waals surface area contributed by atoms with Gasteiger partial charge in [0.2, 0.25) is 17.7 Å². The van der Waals surface area contributed by atoms with Crippen molar-refractivity contribution in [2.45, 2.75) is 31.8 Å². The van der Waals surface area contributed by atoms with Gasteiger partial charge in [0.15, 0.2) is 0 Å². The lowest BCUT2D eigenvalue weighted by molar-refractivity contribution is -0.130. The van der Waals surface area contributed by atoms with E-state index in [1.807, 2.05) is 0 Å². The normalized spacial score (nSPS) is 12.7.